The zero-order chi connectivity index (χ0) is 18.1. The minimum Gasteiger partial charge on any atom is -0.353 e. The van der Waals surface area contributed by atoms with E-state index in [2.05, 4.69) is 5.32 Å². The number of carbonyl (C=O) groups excluding carboxylic acids is 2. The Morgan fingerprint density at radius 1 is 1.12 bits per heavy atom. The van der Waals surface area contributed by atoms with E-state index in [0.29, 0.717) is 6.42 Å². The number of carbonyl (C=O) groups is 2. The monoisotopic (exact) mass is 348 g/mol. The van der Waals surface area contributed by atoms with Crippen molar-refractivity contribution >= 4 is 17.5 Å². The average molecular weight is 348 g/mol. The summed E-state index contributed by atoms with van der Waals surface area (Å²) in [6, 6.07) is 18.1. The Hall–Kier alpha value is -2.62. The van der Waals surface area contributed by atoms with Crippen LogP contribution in [0, 0.1) is 0 Å². The molecule has 0 spiro atoms. The molecule has 0 saturated heterocycles. The summed E-state index contributed by atoms with van der Waals surface area (Å²) in [5, 5.41) is 3.11. The highest BCUT2D eigenvalue weighted by Gasteiger charge is 2.50. The van der Waals surface area contributed by atoms with Gasteiger partial charge in [0.25, 0.3) is 0 Å². The third-order valence-electron chi connectivity index (χ3n) is 5.78. The van der Waals surface area contributed by atoms with Crippen LogP contribution in [0.5, 0.6) is 0 Å². The highest BCUT2D eigenvalue weighted by atomic mass is 16.2. The van der Waals surface area contributed by atoms with Gasteiger partial charge in [0.05, 0.1) is 5.41 Å². The molecule has 0 aromatic heterocycles. The zero-order valence-corrected chi connectivity index (χ0v) is 15.1. The third-order valence-corrected chi connectivity index (χ3v) is 5.78. The van der Waals surface area contributed by atoms with E-state index in [9.17, 15) is 9.59 Å². The first kappa shape index (κ1) is 16.8. The van der Waals surface area contributed by atoms with Crippen molar-refractivity contribution in [2.75, 3.05) is 11.9 Å². The number of anilines is 1. The molecule has 2 amide bonds. The molecule has 2 aromatic carbocycles. The fourth-order valence-corrected chi connectivity index (χ4v) is 4.17. The molecule has 1 fully saturated rings. The van der Waals surface area contributed by atoms with Gasteiger partial charge in [0, 0.05) is 25.2 Å². The second-order valence-corrected chi connectivity index (χ2v) is 7.50. The lowest BCUT2D eigenvalue weighted by atomic mass is 9.73. The van der Waals surface area contributed by atoms with Gasteiger partial charge < -0.3 is 10.2 Å². The van der Waals surface area contributed by atoms with Gasteiger partial charge in [-0.1, -0.05) is 48.5 Å². The number of hydrogen-bond donors (Lipinski definition) is 1. The molecule has 0 radical (unpaired) electrons. The largest absolute Gasteiger partial charge is 0.353 e. The van der Waals surface area contributed by atoms with E-state index in [-0.39, 0.29) is 24.3 Å². The van der Waals surface area contributed by atoms with Gasteiger partial charge in [-0.15, -0.1) is 0 Å². The van der Waals surface area contributed by atoms with Gasteiger partial charge in [-0.25, -0.2) is 0 Å². The van der Waals surface area contributed by atoms with Crippen molar-refractivity contribution in [1.29, 1.82) is 0 Å². The van der Waals surface area contributed by atoms with Gasteiger partial charge in [-0.05, 0) is 42.9 Å². The summed E-state index contributed by atoms with van der Waals surface area (Å²) < 4.78 is 0. The summed E-state index contributed by atoms with van der Waals surface area (Å²) in [4.78, 5) is 27.8. The van der Waals surface area contributed by atoms with Crippen LogP contribution in [0.15, 0.2) is 54.6 Å². The van der Waals surface area contributed by atoms with Crippen molar-refractivity contribution in [1.82, 2.24) is 5.32 Å². The molecule has 2 aromatic rings. The quantitative estimate of drug-likeness (QED) is 0.902. The fourth-order valence-electron chi connectivity index (χ4n) is 4.17. The van der Waals surface area contributed by atoms with Gasteiger partial charge in [0.2, 0.25) is 11.8 Å². The van der Waals surface area contributed by atoms with Crippen molar-refractivity contribution in [3.8, 4) is 0 Å². The molecular weight excluding hydrogens is 324 g/mol. The Kier molecular flexibility index (Phi) is 4.27. The van der Waals surface area contributed by atoms with Crippen LogP contribution < -0.4 is 10.2 Å². The van der Waals surface area contributed by atoms with Gasteiger partial charge >= 0.3 is 0 Å². The highest BCUT2D eigenvalue weighted by molar-refractivity contribution is 6.09. The van der Waals surface area contributed by atoms with E-state index in [1.165, 1.54) is 6.42 Å². The maximum atomic E-state index is 13.3. The number of fused-ring (bicyclic) bond motifs is 1. The minimum absolute atomic E-state index is 0.00584. The predicted octanol–water partition coefficient (Wildman–Crippen LogP) is 3.20. The predicted molar refractivity (Wildman–Crippen MR) is 102 cm³/mol. The molecule has 26 heavy (non-hydrogen) atoms. The molecule has 4 rings (SSSR count). The summed E-state index contributed by atoms with van der Waals surface area (Å²) in [6.07, 6.45) is 3.99. The number of nitrogens with zero attached hydrogens (tertiary/aromatic N) is 1. The van der Waals surface area contributed by atoms with Crippen molar-refractivity contribution < 1.29 is 9.59 Å². The van der Waals surface area contributed by atoms with E-state index in [1.807, 2.05) is 54.6 Å². The molecule has 2 aliphatic rings. The van der Waals surface area contributed by atoms with Crippen LogP contribution in [0.1, 0.15) is 36.8 Å². The number of nitrogens with one attached hydrogen (secondary N) is 1. The molecule has 1 aliphatic heterocycles. The minimum atomic E-state index is -0.833. The van der Waals surface area contributed by atoms with Crippen molar-refractivity contribution in [3.05, 3.63) is 65.7 Å². The van der Waals surface area contributed by atoms with Crippen LogP contribution >= 0.6 is 0 Å². The summed E-state index contributed by atoms with van der Waals surface area (Å²) in [6.45, 7) is 0. The average Bonchev–Trinajstić information content (AvgIpc) is 2.82. The van der Waals surface area contributed by atoms with E-state index >= 15 is 0 Å². The molecule has 1 saturated carbocycles. The summed E-state index contributed by atoms with van der Waals surface area (Å²) in [5.41, 5.74) is 2.10. The van der Waals surface area contributed by atoms with Crippen molar-refractivity contribution in [2.45, 2.75) is 43.6 Å². The van der Waals surface area contributed by atoms with E-state index < -0.39 is 5.41 Å². The van der Waals surface area contributed by atoms with Crippen LogP contribution in [0.3, 0.4) is 0 Å². The Bertz CT molecular complexity index is 829. The first-order valence-electron chi connectivity index (χ1n) is 9.31. The zero-order valence-electron chi connectivity index (χ0n) is 15.1. The van der Waals surface area contributed by atoms with Crippen LogP contribution in [0.2, 0.25) is 0 Å². The molecule has 134 valence electrons. The first-order chi connectivity index (χ1) is 12.6. The third kappa shape index (κ3) is 2.79. The number of benzene rings is 2. The van der Waals surface area contributed by atoms with Gasteiger partial charge in [-0.2, -0.15) is 0 Å². The van der Waals surface area contributed by atoms with Gasteiger partial charge in [0.1, 0.15) is 0 Å². The maximum absolute atomic E-state index is 13.3. The molecule has 1 N–H and O–H groups in total. The van der Waals surface area contributed by atoms with Crippen LogP contribution in [-0.4, -0.2) is 24.9 Å². The molecule has 0 unspecified atom stereocenters. The number of para-hydroxylation sites is 1. The van der Waals surface area contributed by atoms with Crippen molar-refractivity contribution in [2.24, 2.45) is 0 Å². The second kappa shape index (κ2) is 6.60. The van der Waals surface area contributed by atoms with Crippen LogP contribution in [-0.2, 0) is 21.4 Å². The van der Waals surface area contributed by atoms with E-state index in [1.54, 1.807) is 11.9 Å². The molecular formula is C22H24N2O2. The summed E-state index contributed by atoms with van der Waals surface area (Å²) >= 11 is 0. The summed E-state index contributed by atoms with van der Waals surface area (Å²) in [7, 11) is 1.80. The molecule has 0 bridgehead atoms. The maximum Gasteiger partial charge on any atom is 0.238 e. The molecule has 4 heteroatoms. The normalized spacial score (nSPS) is 22.0. The molecule has 1 aliphatic carbocycles. The number of likely N-dealkylation sites (N-methyl/N-ethyl adjacent to an activating group) is 1. The van der Waals surface area contributed by atoms with Gasteiger partial charge in [-0.3, -0.25) is 9.59 Å². The van der Waals surface area contributed by atoms with Crippen LogP contribution in [0.25, 0.3) is 0 Å². The SMILES string of the molecule is CN1C(=O)[C@@](CC(=O)NC2CCC2)(Cc2ccccc2)c2ccccc21. The lowest BCUT2D eigenvalue weighted by molar-refractivity contribution is -0.130. The number of hydrogen-bond acceptors (Lipinski definition) is 2. The standard InChI is InChI=1S/C22H24N2O2/c1-24-19-13-6-5-12-18(19)22(21(24)26,14-16-8-3-2-4-9-16)15-20(25)23-17-10-7-11-17/h2-6,8-9,12-13,17H,7,10-11,14-15H2,1H3,(H,23,25)/t22-/m1/s1. The second-order valence-electron chi connectivity index (χ2n) is 7.50. The Balaban J connectivity index is 1.72. The van der Waals surface area contributed by atoms with Gasteiger partial charge in [0.15, 0.2) is 0 Å². The lowest BCUT2D eigenvalue weighted by Crippen LogP contribution is -2.47. The van der Waals surface area contributed by atoms with Crippen LogP contribution in [0.4, 0.5) is 5.69 Å². The Morgan fingerprint density at radius 3 is 2.50 bits per heavy atom. The lowest BCUT2D eigenvalue weighted by Gasteiger charge is -2.31. The first-order valence-corrected chi connectivity index (χ1v) is 9.31. The Labute approximate surface area is 154 Å². The molecule has 1 heterocycles. The van der Waals surface area contributed by atoms with Crippen molar-refractivity contribution in [3.63, 3.8) is 0 Å². The smallest absolute Gasteiger partial charge is 0.238 e. The topological polar surface area (TPSA) is 49.4 Å². The number of rotatable bonds is 5. The highest BCUT2D eigenvalue weighted by Crippen LogP contribution is 2.45. The van der Waals surface area contributed by atoms with E-state index in [0.717, 1.165) is 29.7 Å². The Morgan fingerprint density at radius 2 is 1.81 bits per heavy atom. The van der Waals surface area contributed by atoms with E-state index in [4.69, 9.17) is 0 Å². The summed E-state index contributed by atoms with van der Waals surface area (Å²) in [5.74, 6) is -0.0182. The molecule has 4 nitrogen and oxygen atoms in total. The number of amides is 2. The fraction of sp³-hybridized carbons (Fsp3) is 0.364. The molecule has 1 atom stereocenters.